The van der Waals surface area contributed by atoms with Gasteiger partial charge in [0.1, 0.15) is 24.4 Å². The highest BCUT2D eigenvalue weighted by Gasteiger charge is 2.59. The van der Waals surface area contributed by atoms with Crippen molar-refractivity contribution < 1.29 is 22.8 Å². The van der Waals surface area contributed by atoms with Gasteiger partial charge in [-0.2, -0.15) is 0 Å². The van der Waals surface area contributed by atoms with Crippen LogP contribution >= 0.6 is 0 Å². The maximum Gasteiger partial charge on any atom is 0.334 e. The van der Waals surface area contributed by atoms with Crippen LogP contribution in [0.4, 0.5) is 0 Å². The second kappa shape index (κ2) is 8.90. The van der Waals surface area contributed by atoms with Gasteiger partial charge in [-0.1, -0.05) is 78.8 Å². The highest BCUT2D eigenvalue weighted by Crippen LogP contribution is 2.46. The quantitative estimate of drug-likeness (QED) is 0.652. The molecular formula is C22H38O5Si2. The molecule has 0 aliphatic carbocycles. The maximum absolute atomic E-state index is 11.2. The van der Waals surface area contributed by atoms with Crippen LogP contribution in [0.2, 0.25) is 22.7 Å². The molecule has 0 amide bonds. The molecule has 0 bridgehead atoms. The fraction of sp³-hybridized carbons (Fsp3) is 0.727. The van der Waals surface area contributed by atoms with Crippen LogP contribution in [-0.2, 0) is 17.7 Å². The number of ether oxygens (including phenoxy) is 1. The van der Waals surface area contributed by atoms with E-state index in [1.165, 1.54) is 0 Å². The summed E-state index contributed by atoms with van der Waals surface area (Å²) >= 11 is 0. The second-order valence-corrected chi connectivity index (χ2v) is 17.9. The third-order valence-corrected chi connectivity index (χ3v) is 16.5. The Hall–Kier alpha value is -0.546. The van der Waals surface area contributed by atoms with Crippen molar-refractivity contribution in [3.63, 3.8) is 0 Å². The minimum Gasteiger partial charge on any atom is -0.414 e. The lowest BCUT2D eigenvalue weighted by molar-refractivity contribution is -0.0378. The highest BCUT2D eigenvalue weighted by molar-refractivity contribution is 6.83. The summed E-state index contributed by atoms with van der Waals surface area (Å²) < 4.78 is 26.9. The average Bonchev–Trinajstić information content (AvgIpc) is 2.97. The van der Waals surface area contributed by atoms with Crippen LogP contribution in [-0.4, -0.2) is 47.1 Å². The SMILES string of the molecule is CC[Si]1(C(C)C)O[C@H]2[C@@H](O)[C@H](c3ccccc3)O[C@@H]2CO[Si](C(C)C)(C(C)C)O1. The molecule has 5 atom stereocenters. The van der Waals surface area contributed by atoms with E-state index in [9.17, 15) is 5.11 Å². The molecule has 3 rings (SSSR count). The van der Waals surface area contributed by atoms with Crippen LogP contribution in [0.15, 0.2) is 30.3 Å². The Morgan fingerprint density at radius 2 is 1.62 bits per heavy atom. The summed E-state index contributed by atoms with van der Waals surface area (Å²) in [6.45, 7) is 15.7. The Labute approximate surface area is 178 Å². The van der Waals surface area contributed by atoms with Crippen LogP contribution in [0.1, 0.15) is 60.1 Å². The number of aliphatic hydroxyl groups excluding tert-OH is 1. The van der Waals surface area contributed by atoms with Crippen molar-refractivity contribution in [1.29, 1.82) is 0 Å². The first-order valence-corrected chi connectivity index (χ1v) is 15.1. The zero-order chi connectivity index (χ0) is 21.4. The minimum absolute atomic E-state index is 0.252. The zero-order valence-corrected chi connectivity index (χ0v) is 20.9. The number of hydrogen-bond acceptors (Lipinski definition) is 5. The Morgan fingerprint density at radius 3 is 2.14 bits per heavy atom. The fourth-order valence-corrected chi connectivity index (χ4v) is 15.2. The molecule has 1 N–H and O–H groups in total. The van der Waals surface area contributed by atoms with Gasteiger partial charge in [-0.25, -0.2) is 0 Å². The van der Waals surface area contributed by atoms with Gasteiger partial charge in [0, 0.05) is 0 Å². The average molecular weight is 439 g/mol. The van der Waals surface area contributed by atoms with Gasteiger partial charge < -0.3 is 22.8 Å². The van der Waals surface area contributed by atoms with Gasteiger partial charge in [-0.15, -0.1) is 0 Å². The molecule has 1 aromatic carbocycles. The number of fused-ring (bicyclic) bond motifs is 1. The molecule has 5 nitrogen and oxygen atoms in total. The van der Waals surface area contributed by atoms with Crippen molar-refractivity contribution in [1.82, 2.24) is 0 Å². The molecule has 0 aromatic heterocycles. The zero-order valence-electron chi connectivity index (χ0n) is 18.9. The highest BCUT2D eigenvalue weighted by atomic mass is 28.5. The monoisotopic (exact) mass is 438 g/mol. The van der Waals surface area contributed by atoms with E-state index >= 15 is 0 Å². The molecule has 29 heavy (non-hydrogen) atoms. The Bertz CT molecular complexity index is 660. The first kappa shape index (κ1) is 23.1. The Morgan fingerprint density at radius 1 is 1.00 bits per heavy atom. The summed E-state index contributed by atoms with van der Waals surface area (Å²) in [5, 5.41) is 11.2. The molecule has 2 saturated heterocycles. The molecule has 1 unspecified atom stereocenters. The van der Waals surface area contributed by atoms with Crippen LogP contribution in [0.5, 0.6) is 0 Å². The van der Waals surface area contributed by atoms with Gasteiger partial charge in [0.2, 0.25) is 0 Å². The fourth-order valence-electron chi connectivity index (χ4n) is 4.76. The maximum atomic E-state index is 11.2. The summed E-state index contributed by atoms with van der Waals surface area (Å²) in [4.78, 5) is 0. The van der Waals surface area contributed by atoms with Crippen LogP contribution in [0.3, 0.4) is 0 Å². The van der Waals surface area contributed by atoms with E-state index in [1.807, 2.05) is 30.3 Å². The molecule has 2 aliphatic rings. The van der Waals surface area contributed by atoms with E-state index in [2.05, 4.69) is 48.5 Å². The molecule has 2 fully saturated rings. The predicted octanol–water partition coefficient (Wildman–Crippen LogP) is 5.05. The van der Waals surface area contributed by atoms with Crippen molar-refractivity contribution in [3.05, 3.63) is 35.9 Å². The number of aliphatic hydroxyl groups is 1. The summed E-state index contributed by atoms with van der Waals surface area (Å²) in [5.41, 5.74) is 1.83. The van der Waals surface area contributed by atoms with Crippen molar-refractivity contribution in [2.75, 3.05) is 6.61 Å². The minimum atomic E-state index is -2.64. The van der Waals surface area contributed by atoms with E-state index < -0.39 is 35.4 Å². The van der Waals surface area contributed by atoms with E-state index in [4.69, 9.17) is 17.7 Å². The molecule has 2 aliphatic heterocycles. The van der Waals surface area contributed by atoms with Crippen molar-refractivity contribution in [2.24, 2.45) is 0 Å². The lowest BCUT2D eigenvalue weighted by Gasteiger charge is -2.49. The van der Waals surface area contributed by atoms with Crippen LogP contribution in [0.25, 0.3) is 0 Å². The topological polar surface area (TPSA) is 57.2 Å². The van der Waals surface area contributed by atoms with Crippen molar-refractivity contribution in [3.8, 4) is 0 Å². The third kappa shape index (κ3) is 4.15. The standard InChI is InChI=1S/C22H38O5Si2/c1-8-28(15(2)3)26-22-19(14-24-29(27-28,16(4)5)17(6)7)25-21(20(22)23)18-12-10-9-11-13-18/h9-13,15-17,19-23H,8,14H2,1-7H3/t19-,20+,21+,22-,28?/m1/s1. The first-order valence-electron chi connectivity index (χ1n) is 11.1. The number of hydrogen-bond donors (Lipinski definition) is 1. The van der Waals surface area contributed by atoms with Gasteiger partial charge in [-0.3, -0.25) is 0 Å². The van der Waals surface area contributed by atoms with Gasteiger partial charge >= 0.3 is 17.1 Å². The molecule has 7 heteroatoms. The smallest absolute Gasteiger partial charge is 0.334 e. The summed E-state index contributed by atoms with van der Waals surface area (Å²) in [7, 11) is -5.19. The summed E-state index contributed by atoms with van der Waals surface area (Å²) in [6, 6.07) is 10.7. The second-order valence-electron chi connectivity index (χ2n) is 9.34. The molecule has 0 spiro atoms. The van der Waals surface area contributed by atoms with E-state index in [0.29, 0.717) is 17.7 Å². The van der Waals surface area contributed by atoms with E-state index in [0.717, 1.165) is 11.6 Å². The molecule has 2 heterocycles. The van der Waals surface area contributed by atoms with Crippen molar-refractivity contribution >= 4 is 17.1 Å². The number of benzene rings is 1. The van der Waals surface area contributed by atoms with Crippen molar-refractivity contribution in [2.45, 2.75) is 95.5 Å². The Balaban J connectivity index is 2.00. The van der Waals surface area contributed by atoms with E-state index in [-0.39, 0.29) is 11.6 Å². The summed E-state index contributed by atoms with van der Waals surface area (Å²) in [5.74, 6) is 0. The van der Waals surface area contributed by atoms with Crippen LogP contribution in [0, 0.1) is 0 Å². The normalized spacial score (nSPS) is 35.0. The molecule has 1 aromatic rings. The largest absolute Gasteiger partial charge is 0.414 e. The molecular weight excluding hydrogens is 400 g/mol. The lowest BCUT2D eigenvalue weighted by atomic mass is 10.0. The van der Waals surface area contributed by atoms with Gasteiger partial charge in [0.25, 0.3) is 0 Å². The van der Waals surface area contributed by atoms with Gasteiger partial charge in [-0.05, 0) is 28.2 Å². The van der Waals surface area contributed by atoms with Gasteiger partial charge in [0.15, 0.2) is 0 Å². The molecule has 164 valence electrons. The van der Waals surface area contributed by atoms with Crippen LogP contribution < -0.4 is 0 Å². The first-order chi connectivity index (χ1) is 13.7. The number of rotatable bonds is 5. The summed E-state index contributed by atoms with van der Waals surface area (Å²) in [6.07, 6.45) is -1.86. The molecule has 0 radical (unpaired) electrons. The van der Waals surface area contributed by atoms with E-state index in [1.54, 1.807) is 0 Å². The Kier molecular flexibility index (Phi) is 7.10. The van der Waals surface area contributed by atoms with Gasteiger partial charge in [0.05, 0.1) is 6.61 Å². The predicted molar refractivity (Wildman–Crippen MR) is 119 cm³/mol. The lowest BCUT2D eigenvalue weighted by Crippen LogP contribution is -2.64. The third-order valence-electron chi connectivity index (χ3n) is 6.59. The molecule has 0 saturated carbocycles.